The Bertz CT molecular complexity index is 504. The Labute approximate surface area is 120 Å². The van der Waals surface area contributed by atoms with Crippen molar-refractivity contribution in [3.63, 3.8) is 0 Å². The van der Waals surface area contributed by atoms with Gasteiger partial charge in [0.05, 0.1) is 10.3 Å². The second kappa shape index (κ2) is 5.54. The molecule has 6 heteroatoms. The van der Waals surface area contributed by atoms with Crippen molar-refractivity contribution in [2.24, 2.45) is 0 Å². The lowest BCUT2D eigenvalue weighted by Gasteiger charge is -2.21. The van der Waals surface area contributed by atoms with Crippen molar-refractivity contribution in [1.82, 2.24) is 0 Å². The summed E-state index contributed by atoms with van der Waals surface area (Å²) in [5, 5.41) is 12.4. The van der Waals surface area contributed by atoms with Crippen molar-refractivity contribution in [1.29, 1.82) is 0 Å². The molecule has 2 heterocycles. The molecule has 2 rings (SSSR count). The van der Waals surface area contributed by atoms with E-state index in [1.807, 2.05) is 13.8 Å². The fourth-order valence-corrected chi connectivity index (χ4v) is 4.25. The number of thioether (sulfide) groups is 1. The molecule has 0 saturated carbocycles. The van der Waals surface area contributed by atoms with Crippen LogP contribution >= 0.6 is 23.1 Å². The number of rotatable bonds is 4. The zero-order valence-corrected chi connectivity index (χ0v) is 12.6. The zero-order chi connectivity index (χ0) is 14.0. The smallest absolute Gasteiger partial charge is 0.338 e. The van der Waals surface area contributed by atoms with Crippen LogP contribution in [0.15, 0.2) is 6.07 Å². The quantitative estimate of drug-likeness (QED) is 0.895. The lowest BCUT2D eigenvalue weighted by Crippen LogP contribution is -2.34. The normalized spacial score (nSPS) is 22.4. The van der Waals surface area contributed by atoms with E-state index in [9.17, 15) is 9.59 Å². The van der Waals surface area contributed by atoms with Crippen LogP contribution in [0.3, 0.4) is 0 Å². The van der Waals surface area contributed by atoms with Crippen molar-refractivity contribution in [3.05, 3.63) is 16.5 Å². The average molecular weight is 299 g/mol. The van der Waals surface area contributed by atoms with Gasteiger partial charge >= 0.3 is 5.97 Å². The monoisotopic (exact) mass is 299 g/mol. The van der Waals surface area contributed by atoms with Crippen molar-refractivity contribution in [2.75, 3.05) is 11.1 Å². The van der Waals surface area contributed by atoms with Crippen LogP contribution in [0, 0.1) is 0 Å². The number of carbonyl (C=O) groups is 2. The van der Waals surface area contributed by atoms with Crippen LogP contribution in [0.5, 0.6) is 0 Å². The summed E-state index contributed by atoms with van der Waals surface area (Å²) >= 11 is 3.00. The summed E-state index contributed by atoms with van der Waals surface area (Å²) in [7, 11) is 0. The van der Waals surface area contributed by atoms with Gasteiger partial charge in [-0.3, -0.25) is 4.79 Å². The van der Waals surface area contributed by atoms with Gasteiger partial charge in [0.15, 0.2) is 0 Å². The summed E-state index contributed by atoms with van der Waals surface area (Å²) in [4.78, 5) is 24.4. The van der Waals surface area contributed by atoms with Gasteiger partial charge in [0.2, 0.25) is 5.91 Å². The molecule has 0 aliphatic carbocycles. The lowest BCUT2D eigenvalue weighted by molar-refractivity contribution is -0.118. The highest BCUT2D eigenvalue weighted by Crippen LogP contribution is 2.39. The van der Waals surface area contributed by atoms with Gasteiger partial charge < -0.3 is 10.4 Å². The molecule has 104 valence electrons. The van der Waals surface area contributed by atoms with E-state index < -0.39 is 10.7 Å². The molecule has 1 amide bonds. The van der Waals surface area contributed by atoms with Gasteiger partial charge in [-0.05, 0) is 38.0 Å². The number of aromatic carboxylic acids is 1. The third-order valence-corrected chi connectivity index (χ3v) is 6.00. The first kappa shape index (κ1) is 14.4. The molecular weight excluding hydrogens is 282 g/mol. The number of carboxylic acid groups (broad SMARTS) is 1. The summed E-state index contributed by atoms with van der Waals surface area (Å²) in [5.74, 6) is -0.0853. The maximum atomic E-state index is 12.3. The van der Waals surface area contributed by atoms with Crippen molar-refractivity contribution in [3.8, 4) is 0 Å². The number of anilines is 1. The second-order valence-corrected chi connectivity index (χ2v) is 7.49. The molecule has 1 atom stereocenters. The molecule has 1 aliphatic rings. The number of hydrogen-bond acceptors (Lipinski definition) is 4. The summed E-state index contributed by atoms with van der Waals surface area (Å²) in [6, 6.07) is 1.65. The standard InChI is InChI=1S/C13H17NO3S2/c1-3-8-7-9(11(15)16)10(19-8)14-12(17)13(2)5-4-6-18-13/h7H,3-6H2,1-2H3,(H,14,17)(H,15,16). The Kier molecular flexibility index (Phi) is 4.20. The SMILES string of the molecule is CCc1cc(C(=O)O)c(NC(=O)C2(C)CCCS2)s1. The van der Waals surface area contributed by atoms with E-state index in [4.69, 9.17) is 5.11 Å². The highest BCUT2D eigenvalue weighted by Gasteiger charge is 2.37. The topological polar surface area (TPSA) is 66.4 Å². The molecule has 0 aromatic carbocycles. The van der Waals surface area contributed by atoms with Crippen molar-refractivity contribution >= 4 is 40.0 Å². The number of carboxylic acids is 1. The van der Waals surface area contributed by atoms with Gasteiger partial charge in [-0.1, -0.05) is 6.92 Å². The van der Waals surface area contributed by atoms with E-state index >= 15 is 0 Å². The summed E-state index contributed by atoms with van der Waals surface area (Å²) in [6.07, 6.45) is 2.65. The summed E-state index contributed by atoms with van der Waals surface area (Å²) in [5.41, 5.74) is 0.196. The maximum absolute atomic E-state index is 12.3. The van der Waals surface area contributed by atoms with Crippen LogP contribution in [0.25, 0.3) is 0 Å². The van der Waals surface area contributed by atoms with E-state index in [2.05, 4.69) is 5.32 Å². The number of thiophene rings is 1. The molecule has 0 radical (unpaired) electrons. The Balaban J connectivity index is 2.20. The molecular formula is C13H17NO3S2. The molecule has 0 spiro atoms. The fourth-order valence-electron chi connectivity index (χ4n) is 2.06. The summed E-state index contributed by atoms with van der Waals surface area (Å²) < 4.78 is -0.424. The molecule has 1 aromatic rings. The second-order valence-electron chi connectivity index (χ2n) is 4.75. The molecule has 1 fully saturated rings. The minimum atomic E-state index is -0.990. The Morgan fingerprint density at radius 2 is 2.26 bits per heavy atom. The Morgan fingerprint density at radius 3 is 2.79 bits per heavy atom. The zero-order valence-electron chi connectivity index (χ0n) is 11.0. The van der Waals surface area contributed by atoms with Crippen molar-refractivity contribution in [2.45, 2.75) is 37.9 Å². The molecule has 1 saturated heterocycles. The number of hydrogen-bond donors (Lipinski definition) is 2. The van der Waals surface area contributed by atoms with E-state index in [0.717, 1.165) is 29.9 Å². The Morgan fingerprint density at radius 1 is 1.53 bits per heavy atom. The molecule has 1 aliphatic heterocycles. The van der Waals surface area contributed by atoms with Gasteiger partial charge in [0.1, 0.15) is 5.00 Å². The lowest BCUT2D eigenvalue weighted by atomic mass is 10.1. The van der Waals surface area contributed by atoms with Crippen LogP contribution in [0.1, 0.15) is 41.9 Å². The van der Waals surface area contributed by atoms with Crippen LogP contribution in [0.2, 0.25) is 0 Å². The van der Waals surface area contributed by atoms with Gasteiger partial charge in [-0.25, -0.2) is 4.79 Å². The van der Waals surface area contributed by atoms with Crippen LogP contribution in [0.4, 0.5) is 5.00 Å². The van der Waals surface area contributed by atoms with Gasteiger partial charge in [0.25, 0.3) is 0 Å². The third-order valence-electron chi connectivity index (χ3n) is 3.29. The number of carbonyl (C=O) groups excluding carboxylic acids is 1. The number of aryl methyl sites for hydroxylation is 1. The maximum Gasteiger partial charge on any atom is 0.338 e. The minimum Gasteiger partial charge on any atom is -0.478 e. The summed E-state index contributed by atoms with van der Waals surface area (Å²) in [6.45, 7) is 3.89. The van der Waals surface area contributed by atoms with Crippen LogP contribution in [-0.4, -0.2) is 27.5 Å². The highest BCUT2D eigenvalue weighted by atomic mass is 32.2. The van der Waals surface area contributed by atoms with Gasteiger partial charge in [0, 0.05) is 4.88 Å². The van der Waals surface area contributed by atoms with Crippen LogP contribution < -0.4 is 5.32 Å². The first-order valence-electron chi connectivity index (χ1n) is 6.27. The van der Waals surface area contributed by atoms with Crippen molar-refractivity contribution < 1.29 is 14.7 Å². The van der Waals surface area contributed by atoms with E-state index in [1.165, 1.54) is 11.3 Å². The van der Waals surface area contributed by atoms with E-state index in [-0.39, 0.29) is 11.5 Å². The Hall–Kier alpha value is -1.01. The third kappa shape index (κ3) is 2.95. The first-order chi connectivity index (χ1) is 8.96. The van der Waals surface area contributed by atoms with E-state index in [0.29, 0.717) is 5.00 Å². The highest BCUT2D eigenvalue weighted by molar-refractivity contribution is 8.01. The van der Waals surface area contributed by atoms with E-state index in [1.54, 1.807) is 17.8 Å². The van der Waals surface area contributed by atoms with Crippen LogP contribution in [-0.2, 0) is 11.2 Å². The number of nitrogens with one attached hydrogen (secondary N) is 1. The average Bonchev–Trinajstić information content (AvgIpc) is 2.96. The predicted molar refractivity (Wildman–Crippen MR) is 79.4 cm³/mol. The van der Waals surface area contributed by atoms with Gasteiger partial charge in [-0.2, -0.15) is 0 Å². The first-order valence-corrected chi connectivity index (χ1v) is 8.08. The molecule has 4 nitrogen and oxygen atoms in total. The molecule has 19 heavy (non-hydrogen) atoms. The van der Waals surface area contributed by atoms with Gasteiger partial charge in [-0.15, -0.1) is 23.1 Å². The molecule has 1 unspecified atom stereocenters. The number of amides is 1. The molecule has 1 aromatic heterocycles. The largest absolute Gasteiger partial charge is 0.478 e. The molecule has 2 N–H and O–H groups in total. The molecule has 0 bridgehead atoms. The fraction of sp³-hybridized carbons (Fsp3) is 0.538. The predicted octanol–water partition coefficient (Wildman–Crippen LogP) is 3.23. The minimum absolute atomic E-state index is 0.0815.